The predicted octanol–water partition coefficient (Wildman–Crippen LogP) is 4.85. The highest BCUT2D eigenvalue weighted by atomic mass is 35.5. The summed E-state index contributed by atoms with van der Waals surface area (Å²) in [5.41, 5.74) is 1.71. The molecule has 0 aromatic heterocycles. The van der Waals surface area contributed by atoms with Gasteiger partial charge in [0, 0.05) is 39.8 Å². The minimum atomic E-state index is -0.679. The van der Waals surface area contributed by atoms with Gasteiger partial charge in [0.15, 0.2) is 0 Å². The van der Waals surface area contributed by atoms with Crippen molar-refractivity contribution in [2.75, 3.05) is 12.4 Å². The maximum Gasteiger partial charge on any atom is 0.407 e. The van der Waals surface area contributed by atoms with E-state index in [9.17, 15) is 14.4 Å². The van der Waals surface area contributed by atoms with E-state index in [2.05, 4.69) is 16.0 Å². The van der Waals surface area contributed by atoms with Gasteiger partial charge in [0.2, 0.25) is 0 Å². The SMILES string of the molecule is COC(=O)[C@H]1C[C@H](NC(=O)c2cccc(CNC(=O)OC(C)(C)C)c2)c2c(Cl)cc(Cl)cc2N1. The lowest BCUT2D eigenvalue weighted by molar-refractivity contribution is -0.141. The number of carbonyl (C=O) groups excluding carboxylic acids is 3. The number of alkyl carbamates (subject to hydrolysis) is 1. The van der Waals surface area contributed by atoms with Crippen molar-refractivity contribution in [2.45, 2.75) is 51.4 Å². The van der Waals surface area contributed by atoms with Crippen LogP contribution in [0.25, 0.3) is 0 Å². The van der Waals surface area contributed by atoms with Gasteiger partial charge in [-0.25, -0.2) is 9.59 Å². The van der Waals surface area contributed by atoms with E-state index in [0.717, 1.165) is 5.56 Å². The van der Waals surface area contributed by atoms with Gasteiger partial charge in [0.25, 0.3) is 5.91 Å². The molecule has 3 N–H and O–H groups in total. The number of anilines is 1. The number of halogens is 2. The second-order valence-electron chi connectivity index (χ2n) is 8.89. The van der Waals surface area contributed by atoms with Crippen LogP contribution in [0.3, 0.4) is 0 Å². The highest BCUT2D eigenvalue weighted by Gasteiger charge is 2.34. The summed E-state index contributed by atoms with van der Waals surface area (Å²) in [7, 11) is 1.30. The molecular weight excluding hydrogens is 481 g/mol. The summed E-state index contributed by atoms with van der Waals surface area (Å²) in [6.45, 7) is 5.53. The number of ether oxygens (including phenoxy) is 2. The smallest absolute Gasteiger partial charge is 0.407 e. The average molecular weight is 508 g/mol. The van der Waals surface area contributed by atoms with Crippen molar-refractivity contribution in [1.29, 1.82) is 0 Å². The van der Waals surface area contributed by atoms with Gasteiger partial charge in [-0.2, -0.15) is 0 Å². The van der Waals surface area contributed by atoms with E-state index in [-0.39, 0.29) is 18.9 Å². The van der Waals surface area contributed by atoms with Gasteiger partial charge in [-0.15, -0.1) is 0 Å². The quantitative estimate of drug-likeness (QED) is 0.499. The van der Waals surface area contributed by atoms with Gasteiger partial charge in [-0.3, -0.25) is 4.79 Å². The number of hydrogen-bond acceptors (Lipinski definition) is 6. The molecule has 182 valence electrons. The van der Waals surface area contributed by atoms with Crippen LogP contribution in [0.1, 0.15) is 54.7 Å². The molecule has 0 aliphatic carbocycles. The van der Waals surface area contributed by atoms with Crippen LogP contribution in [0.2, 0.25) is 10.0 Å². The second-order valence-corrected chi connectivity index (χ2v) is 9.73. The first-order chi connectivity index (χ1) is 16.0. The Morgan fingerprint density at radius 1 is 1.15 bits per heavy atom. The summed E-state index contributed by atoms with van der Waals surface area (Å²) in [6, 6.07) is 8.86. The van der Waals surface area contributed by atoms with Gasteiger partial charge in [-0.05, 0) is 50.6 Å². The van der Waals surface area contributed by atoms with Crippen LogP contribution < -0.4 is 16.0 Å². The fraction of sp³-hybridized carbons (Fsp3) is 0.375. The zero-order valence-electron chi connectivity index (χ0n) is 19.3. The first kappa shape index (κ1) is 25.6. The van der Waals surface area contributed by atoms with Crippen molar-refractivity contribution in [3.05, 3.63) is 63.1 Å². The third kappa shape index (κ3) is 6.55. The Labute approximate surface area is 208 Å². The summed E-state index contributed by atoms with van der Waals surface area (Å²) in [4.78, 5) is 37.2. The van der Waals surface area contributed by atoms with E-state index >= 15 is 0 Å². The van der Waals surface area contributed by atoms with E-state index in [1.807, 2.05) is 0 Å². The molecule has 34 heavy (non-hydrogen) atoms. The van der Waals surface area contributed by atoms with Gasteiger partial charge < -0.3 is 25.4 Å². The van der Waals surface area contributed by atoms with Crippen molar-refractivity contribution in [3.8, 4) is 0 Å². The lowest BCUT2D eigenvalue weighted by Crippen LogP contribution is -2.41. The number of fused-ring (bicyclic) bond motifs is 1. The van der Waals surface area contributed by atoms with Crippen LogP contribution in [0.4, 0.5) is 10.5 Å². The lowest BCUT2D eigenvalue weighted by atomic mass is 9.92. The summed E-state index contributed by atoms with van der Waals surface area (Å²) >= 11 is 12.6. The number of methoxy groups -OCH3 is 1. The Morgan fingerprint density at radius 2 is 1.88 bits per heavy atom. The van der Waals surface area contributed by atoms with Gasteiger partial charge in [0.05, 0.1) is 13.2 Å². The second kappa shape index (κ2) is 10.5. The van der Waals surface area contributed by atoms with Crippen molar-refractivity contribution >= 4 is 46.9 Å². The molecule has 2 aromatic rings. The molecular formula is C24H27Cl2N3O5. The van der Waals surface area contributed by atoms with Gasteiger partial charge >= 0.3 is 12.1 Å². The van der Waals surface area contributed by atoms with E-state index in [1.165, 1.54) is 7.11 Å². The van der Waals surface area contributed by atoms with Crippen molar-refractivity contribution in [2.24, 2.45) is 0 Å². The fourth-order valence-corrected chi connectivity index (χ4v) is 4.26. The topological polar surface area (TPSA) is 106 Å². The molecule has 0 bridgehead atoms. The first-order valence-corrected chi connectivity index (χ1v) is 11.4. The molecule has 0 saturated carbocycles. The Balaban J connectivity index is 1.76. The monoisotopic (exact) mass is 507 g/mol. The van der Waals surface area contributed by atoms with Crippen LogP contribution in [0.15, 0.2) is 36.4 Å². The van der Waals surface area contributed by atoms with E-state index in [1.54, 1.807) is 57.2 Å². The molecule has 2 atom stereocenters. The number of esters is 1. The summed E-state index contributed by atoms with van der Waals surface area (Å²) in [6.07, 6.45) is -0.303. The Hall–Kier alpha value is -2.97. The maximum atomic E-state index is 13.1. The number of nitrogens with one attached hydrogen (secondary N) is 3. The molecule has 0 unspecified atom stereocenters. The normalized spacial score (nSPS) is 17.1. The average Bonchev–Trinajstić information content (AvgIpc) is 2.75. The largest absolute Gasteiger partial charge is 0.467 e. The molecule has 1 aliphatic rings. The molecule has 10 heteroatoms. The van der Waals surface area contributed by atoms with Crippen LogP contribution in [-0.4, -0.2) is 36.7 Å². The molecule has 0 fully saturated rings. The summed E-state index contributed by atoms with van der Waals surface area (Å²) in [5.74, 6) is -0.817. The third-order valence-corrected chi connectivity index (χ3v) is 5.59. The van der Waals surface area contributed by atoms with Crippen molar-refractivity contribution < 1.29 is 23.9 Å². The number of hydrogen-bond donors (Lipinski definition) is 3. The third-order valence-electron chi connectivity index (χ3n) is 5.06. The molecule has 2 aromatic carbocycles. The zero-order valence-corrected chi connectivity index (χ0v) is 20.8. The highest BCUT2D eigenvalue weighted by molar-refractivity contribution is 6.35. The molecule has 3 rings (SSSR count). The summed E-state index contributed by atoms with van der Waals surface area (Å²) in [5, 5.41) is 9.48. The molecule has 1 heterocycles. The number of amides is 2. The van der Waals surface area contributed by atoms with Crippen LogP contribution >= 0.6 is 23.2 Å². The maximum absolute atomic E-state index is 13.1. The van der Waals surface area contributed by atoms with Gasteiger partial charge in [0.1, 0.15) is 11.6 Å². The molecule has 8 nitrogen and oxygen atoms in total. The van der Waals surface area contributed by atoms with Gasteiger partial charge in [-0.1, -0.05) is 35.3 Å². The van der Waals surface area contributed by atoms with E-state index < -0.39 is 29.7 Å². The zero-order chi connectivity index (χ0) is 25.0. The predicted molar refractivity (Wildman–Crippen MR) is 130 cm³/mol. The van der Waals surface area contributed by atoms with Crippen LogP contribution in [0.5, 0.6) is 0 Å². The number of carbonyl (C=O) groups is 3. The van der Waals surface area contributed by atoms with Crippen molar-refractivity contribution in [3.63, 3.8) is 0 Å². The fourth-order valence-electron chi connectivity index (χ4n) is 3.64. The Bertz CT molecular complexity index is 1100. The van der Waals surface area contributed by atoms with E-state index in [0.29, 0.717) is 26.9 Å². The molecule has 0 spiro atoms. The first-order valence-electron chi connectivity index (χ1n) is 10.7. The molecule has 0 saturated heterocycles. The molecule has 0 radical (unpaired) electrons. The van der Waals surface area contributed by atoms with Crippen LogP contribution in [-0.2, 0) is 20.8 Å². The highest BCUT2D eigenvalue weighted by Crippen LogP contribution is 2.40. The molecule has 2 amide bonds. The number of rotatable bonds is 5. The molecule has 1 aliphatic heterocycles. The standard InChI is InChI=1S/C24H27Cl2N3O5/c1-24(2,3)34-23(32)27-12-13-6-5-7-14(8-13)21(30)29-18-11-19(22(31)33-4)28-17-10-15(25)9-16(26)20(17)18/h5-10,18-19,28H,11-12H2,1-4H3,(H,27,32)(H,29,30)/t18-,19+/m0/s1. The minimum Gasteiger partial charge on any atom is -0.467 e. The minimum absolute atomic E-state index is 0.195. The Morgan fingerprint density at radius 3 is 2.56 bits per heavy atom. The summed E-state index contributed by atoms with van der Waals surface area (Å²) < 4.78 is 10.1. The van der Waals surface area contributed by atoms with Crippen LogP contribution in [0, 0.1) is 0 Å². The number of benzene rings is 2. The Kier molecular flexibility index (Phi) is 7.94. The van der Waals surface area contributed by atoms with Crippen molar-refractivity contribution in [1.82, 2.24) is 10.6 Å². The van der Waals surface area contributed by atoms with E-state index in [4.69, 9.17) is 32.7 Å². The lowest BCUT2D eigenvalue weighted by Gasteiger charge is -2.33.